The van der Waals surface area contributed by atoms with Crippen LogP contribution >= 0.6 is 11.6 Å². The highest BCUT2D eigenvalue weighted by Gasteiger charge is 2.22. The fourth-order valence-electron chi connectivity index (χ4n) is 2.25. The number of fused-ring (bicyclic) bond motifs is 1. The summed E-state index contributed by atoms with van der Waals surface area (Å²) in [5, 5.41) is 9.69. The van der Waals surface area contributed by atoms with Gasteiger partial charge in [0.25, 0.3) is 0 Å². The highest BCUT2D eigenvalue weighted by Crippen LogP contribution is 2.31. The summed E-state index contributed by atoms with van der Waals surface area (Å²) in [6.07, 6.45) is 3.97. The van der Waals surface area contributed by atoms with Crippen LogP contribution in [0.4, 0.5) is 0 Å². The van der Waals surface area contributed by atoms with Crippen LogP contribution in [-0.4, -0.2) is 9.88 Å². The number of rotatable bonds is 1. The van der Waals surface area contributed by atoms with E-state index in [1.165, 1.54) is 0 Å². The second-order valence-corrected chi connectivity index (χ2v) is 4.68. The van der Waals surface area contributed by atoms with Gasteiger partial charge in [-0.25, -0.2) is 0 Å². The lowest BCUT2D eigenvalue weighted by molar-refractivity contribution is 0.415. The fraction of sp³-hybridized carbons (Fsp3) is 0.143. The molecule has 3 nitrogen and oxygen atoms in total. The molecule has 0 amide bonds. The molecule has 1 aromatic carbocycles. The first kappa shape index (κ1) is 11.1. The molecule has 0 aliphatic carbocycles. The number of nitriles is 1. The normalized spacial score (nSPS) is 13.2. The number of nitrogens with zero attached hydrogens (tertiary/aromatic N) is 3. The molecule has 2 heterocycles. The zero-order valence-electron chi connectivity index (χ0n) is 9.60. The third-order valence-electron chi connectivity index (χ3n) is 3.13. The van der Waals surface area contributed by atoms with Crippen LogP contribution in [0.15, 0.2) is 36.5 Å². The van der Waals surface area contributed by atoms with Gasteiger partial charge in [0.2, 0.25) is 0 Å². The number of halogens is 1. The Balaban J connectivity index is 2.08. The summed E-state index contributed by atoms with van der Waals surface area (Å²) >= 11 is 5.90. The molecule has 18 heavy (non-hydrogen) atoms. The SMILES string of the molecule is N#CN1Cc2nccc(-c3ccc(Cl)cc3)c2C1. The largest absolute Gasteiger partial charge is 0.300 e. The smallest absolute Gasteiger partial charge is 0.180 e. The van der Waals surface area contributed by atoms with E-state index in [0.717, 1.165) is 27.4 Å². The lowest BCUT2D eigenvalue weighted by atomic mass is 10.0. The van der Waals surface area contributed by atoms with E-state index in [1.807, 2.05) is 30.3 Å². The van der Waals surface area contributed by atoms with Gasteiger partial charge in [0.1, 0.15) is 0 Å². The molecule has 1 aliphatic heterocycles. The van der Waals surface area contributed by atoms with Gasteiger partial charge in [-0.05, 0) is 29.3 Å². The number of aromatic nitrogens is 1. The monoisotopic (exact) mass is 255 g/mol. The van der Waals surface area contributed by atoms with E-state index in [0.29, 0.717) is 13.1 Å². The Bertz CT molecular complexity index is 628. The van der Waals surface area contributed by atoms with Crippen LogP contribution in [-0.2, 0) is 13.1 Å². The molecule has 0 atom stereocenters. The van der Waals surface area contributed by atoms with E-state index in [9.17, 15) is 0 Å². The van der Waals surface area contributed by atoms with E-state index >= 15 is 0 Å². The predicted molar refractivity (Wildman–Crippen MR) is 69.5 cm³/mol. The Morgan fingerprint density at radius 2 is 1.94 bits per heavy atom. The molecule has 0 saturated carbocycles. The van der Waals surface area contributed by atoms with Crippen LogP contribution in [0.2, 0.25) is 5.02 Å². The quantitative estimate of drug-likeness (QED) is 0.735. The summed E-state index contributed by atoms with van der Waals surface area (Å²) < 4.78 is 0. The molecule has 4 heteroatoms. The van der Waals surface area contributed by atoms with Crippen molar-refractivity contribution in [3.05, 3.63) is 52.8 Å². The summed E-state index contributed by atoms with van der Waals surface area (Å²) in [5.41, 5.74) is 4.37. The minimum absolute atomic E-state index is 0.604. The van der Waals surface area contributed by atoms with E-state index in [2.05, 4.69) is 11.2 Å². The first-order chi connectivity index (χ1) is 8.78. The Labute approximate surface area is 110 Å². The molecule has 1 aromatic heterocycles. The van der Waals surface area contributed by atoms with Gasteiger partial charge in [-0.1, -0.05) is 23.7 Å². The average Bonchev–Trinajstić information content (AvgIpc) is 2.82. The van der Waals surface area contributed by atoms with Crippen LogP contribution in [0.3, 0.4) is 0 Å². The van der Waals surface area contributed by atoms with Crippen molar-refractivity contribution >= 4 is 11.6 Å². The van der Waals surface area contributed by atoms with E-state index in [1.54, 1.807) is 11.1 Å². The van der Waals surface area contributed by atoms with Gasteiger partial charge in [-0.3, -0.25) is 4.98 Å². The number of hydrogen-bond acceptors (Lipinski definition) is 3. The fourth-order valence-corrected chi connectivity index (χ4v) is 2.37. The average molecular weight is 256 g/mol. The number of benzene rings is 1. The third kappa shape index (κ3) is 1.81. The molecular formula is C14H10ClN3. The number of hydrogen-bond donors (Lipinski definition) is 0. The second-order valence-electron chi connectivity index (χ2n) is 4.25. The molecular weight excluding hydrogens is 246 g/mol. The zero-order valence-corrected chi connectivity index (χ0v) is 10.4. The molecule has 0 bridgehead atoms. The molecule has 0 saturated heterocycles. The predicted octanol–water partition coefficient (Wildman–Crippen LogP) is 3.20. The lowest BCUT2D eigenvalue weighted by Gasteiger charge is -2.07. The second kappa shape index (κ2) is 4.32. The van der Waals surface area contributed by atoms with Crippen LogP contribution in [0.25, 0.3) is 11.1 Å². The van der Waals surface area contributed by atoms with Gasteiger partial charge in [0.05, 0.1) is 18.8 Å². The standard InChI is InChI=1S/C14H10ClN3/c15-11-3-1-10(2-4-11)12-5-6-17-14-8-18(9-16)7-13(12)14/h1-6H,7-8H2. The van der Waals surface area contributed by atoms with Gasteiger partial charge < -0.3 is 4.90 Å². The van der Waals surface area contributed by atoms with Gasteiger partial charge in [-0.15, -0.1) is 0 Å². The summed E-state index contributed by atoms with van der Waals surface area (Å²) in [4.78, 5) is 6.05. The van der Waals surface area contributed by atoms with Crippen molar-refractivity contribution in [1.29, 1.82) is 5.26 Å². The minimum Gasteiger partial charge on any atom is -0.300 e. The maximum absolute atomic E-state index is 8.97. The van der Waals surface area contributed by atoms with E-state index in [4.69, 9.17) is 16.9 Å². The van der Waals surface area contributed by atoms with Gasteiger partial charge >= 0.3 is 0 Å². The van der Waals surface area contributed by atoms with Crippen LogP contribution < -0.4 is 0 Å². The molecule has 88 valence electrons. The van der Waals surface area contributed by atoms with Crippen molar-refractivity contribution in [2.75, 3.05) is 0 Å². The van der Waals surface area contributed by atoms with Crippen LogP contribution in [0.5, 0.6) is 0 Å². The van der Waals surface area contributed by atoms with Gasteiger partial charge in [0, 0.05) is 16.8 Å². The topological polar surface area (TPSA) is 39.9 Å². The Morgan fingerprint density at radius 1 is 1.17 bits per heavy atom. The number of pyridine rings is 1. The van der Waals surface area contributed by atoms with E-state index in [-0.39, 0.29) is 0 Å². The van der Waals surface area contributed by atoms with Gasteiger partial charge in [-0.2, -0.15) is 5.26 Å². The van der Waals surface area contributed by atoms with Crippen molar-refractivity contribution in [2.24, 2.45) is 0 Å². The van der Waals surface area contributed by atoms with Crippen molar-refractivity contribution in [1.82, 2.24) is 9.88 Å². The Kier molecular flexibility index (Phi) is 2.66. The van der Waals surface area contributed by atoms with Crippen LogP contribution in [0.1, 0.15) is 11.3 Å². The zero-order chi connectivity index (χ0) is 12.5. The Hall–Kier alpha value is -2.05. The molecule has 0 N–H and O–H groups in total. The summed E-state index contributed by atoms with van der Waals surface area (Å²) in [5.74, 6) is 0. The van der Waals surface area contributed by atoms with E-state index < -0.39 is 0 Å². The maximum atomic E-state index is 8.97. The van der Waals surface area contributed by atoms with Gasteiger partial charge in [0.15, 0.2) is 6.19 Å². The van der Waals surface area contributed by atoms with Crippen molar-refractivity contribution in [3.8, 4) is 17.3 Å². The van der Waals surface area contributed by atoms with Crippen molar-refractivity contribution in [2.45, 2.75) is 13.1 Å². The first-order valence-corrected chi connectivity index (χ1v) is 6.03. The molecule has 0 fully saturated rings. The molecule has 0 radical (unpaired) electrons. The van der Waals surface area contributed by atoms with Crippen LogP contribution in [0, 0.1) is 11.5 Å². The summed E-state index contributed by atoms with van der Waals surface area (Å²) in [6.45, 7) is 1.24. The molecule has 1 aliphatic rings. The van der Waals surface area contributed by atoms with Crippen molar-refractivity contribution < 1.29 is 0 Å². The Morgan fingerprint density at radius 3 is 2.67 bits per heavy atom. The first-order valence-electron chi connectivity index (χ1n) is 5.65. The summed E-state index contributed by atoms with van der Waals surface area (Å²) in [6, 6.07) is 9.73. The highest BCUT2D eigenvalue weighted by molar-refractivity contribution is 6.30. The molecule has 0 unspecified atom stereocenters. The minimum atomic E-state index is 0.604. The lowest BCUT2D eigenvalue weighted by Crippen LogP contribution is -2.07. The maximum Gasteiger partial charge on any atom is 0.180 e. The highest BCUT2D eigenvalue weighted by atomic mass is 35.5. The summed E-state index contributed by atoms with van der Waals surface area (Å²) in [7, 11) is 0. The molecule has 3 rings (SSSR count). The van der Waals surface area contributed by atoms with Crippen molar-refractivity contribution in [3.63, 3.8) is 0 Å². The molecule has 2 aromatic rings. The molecule has 0 spiro atoms. The third-order valence-corrected chi connectivity index (χ3v) is 3.38.